The van der Waals surface area contributed by atoms with Gasteiger partial charge in [-0.3, -0.25) is 19.2 Å². The van der Waals surface area contributed by atoms with Crippen LogP contribution in [0, 0.1) is 0 Å². The van der Waals surface area contributed by atoms with Crippen molar-refractivity contribution in [3.8, 4) is 34.5 Å². The van der Waals surface area contributed by atoms with Crippen molar-refractivity contribution >= 4 is 23.9 Å². The number of rotatable bonds is 19. The van der Waals surface area contributed by atoms with Gasteiger partial charge in [0.05, 0.1) is 24.3 Å². The monoisotopic (exact) mass is 738 g/mol. The van der Waals surface area contributed by atoms with Crippen molar-refractivity contribution in [2.24, 2.45) is 0 Å². The van der Waals surface area contributed by atoms with E-state index in [2.05, 4.69) is 13.8 Å². The molecule has 12 heteroatoms. The van der Waals surface area contributed by atoms with Crippen LogP contribution in [0.5, 0.6) is 34.5 Å². The number of hydrogen-bond donors (Lipinski definition) is 0. The molecule has 0 aliphatic heterocycles. The first-order valence-corrected chi connectivity index (χ1v) is 17.8. The van der Waals surface area contributed by atoms with E-state index in [1.807, 2.05) is 0 Å². The zero-order valence-electron chi connectivity index (χ0n) is 30.2. The first-order valence-electron chi connectivity index (χ1n) is 17.8. The van der Waals surface area contributed by atoms with Crippen LogP contribution >= 0.6 is 0 Å². The Kier molecular flexibility index (Phi) is 15.9. The van der Waals surface area contributed by atoms with Gasteiger partial charge >= 0.3 is 23.9 Å². The summed E-state index contributed by atoms with van der Waals surface area (Å²) < 4.78 is 32.4. The number of ether oxygens (including phenoxy) is 6. The average molecular weight is 739 g/mol. The van der Waals surface area contributed by atoms with E-state index in [1.54, 1.807) is 48.5 Å². The Balaban J connectivity index is 1.20. The van der Waals surface area contributed by atoms with Gasteiger partial charge < -0.3 is 28.4 Å². The quantitative estimate of drug-likeness (QED) is 0.0701. The summed E-state index contributed by atoms with van der Waals surface area (Å²) in [5.74, 6) is -1.81. The third-order valence-corrected chi connectivity index (χ3v) is 7.68. The molecule has 0 fully saturated rings. The van der Waals surface area contributed by atoms with E-state index in [-0.39, 0.29) is 59.8 Å². The van der Waals surface area contributed by atoms with Crippen LogP contribution < -0.4 is 39.3 Å². The van der Waals surface area contributed by atoms with Crippen LogP contribution in [0.2, 0.25) is 0 Å². The molecule has 4 rings (SSSR count). The van der Waals surface area contributed by atoms with Gasteiger partial charge in [0.25, 0.3) is 0 Å². The minimum atomic E-state index is -0.707. The lowest BCUT2D eigenvalue weighted by atomic mass is 10.2. The number of carbonyl (C=O) groups is 4. The lowest BCUT2D eigenvalue weighted by Gasteiger charge is -2.06. The van der Waals surface area contributed by atoms with E-state index >= 15 is 0 Å². The van der Waals surface area contributed by atoms with E-state index in [9.17, 15) is 28.8 Å². The van der Waals surface area contributed by atoms with E-state index in [0.717, 1.165) is 37.8 Å². The summed E-state index contributed by atoms with van der Waals surface area (Å²) in [5, 5.41) is 0. The van der Waals surface area contributed by atoms with Crippen LogP contribution in [0.15, 0.2) is 107 Å². The number of hydrogen-bond acceptors (Lipinski definition) is 12. The molecular formula is C42H42O12. The molecular weight excluding hydrogens is 696 g/mol. The highest BCUT2D eigenvalue weighted by atomic mass is 16.6. The maximum absolute atomic E-state index is 12.6. The number of esters is 4. The molecule has 4 aromatic carbocycles. The molecule has 0 aromatic heterocycles. The molecule has 0 radical (unpaired) electrons. The lowest BCUT2D eigenvalue weighted by Crippen LogP contribution is -2.14. The van der Waals surface area contributed by atoms with Crippen molar-refractivity contribution in [2.45, 2.75) is 65.2 Å². The van der Waals surface area contributed by atoms with Crippen LogP contribution in [0.4, 0.5) is 0 Å². The van der Waals surface area contributed by atoms with Gasteiger partial charge in [0.2, 0.25) is 10.9 Å². The van der Waals surface area contributed by atoms with E-state index in [1.165, 1.54) is 36.4 Å². The van der Waals surface area contributed by atoms with Crippen molar-refractivity contribution in [1.29, 1.82) is 0 Å². The van der Waals surface area contributed by atoms with Gasteiger partial charge in [-0.2, -0.15) is 0 Å². The van der Waals surface area contributed by atoms with Crippen molar-refractivity contribution in [1.82, 2.24) is 0 Å². The maximum Gasteiger partial charge on any atom is 0.343 e. The Morgan fingerprint density at radius 3 is 1.15 bits per heavy atom. The highest BCUT2D eigenvalue weighted by Gasteiger charge is 2.14. The molecule has 4 aromatic rings. The molecule has 0 saturated heterocycles. The molecule has 0 saturated carbocycles. The minimum absolute atomic E-state index is 0.0706. The normalized spacial score (nSPS) is 10.5. The molecule has 12 nitrogen and oxygen atoms in total. The summed E-state index contributed by atoms with van der Waals surface area (Å²) in [7, 11) is 0. The topological polar surface area (TPSA) is 158 Å². The predicted molar refractivity (Wildman–Crippen MR) is 199 cm³/mol. The van der Waals surface area contributed by atoms with Gasteiger partial charge in [-0.15, -0.1) is 0 Å². The Labute approximate surface area is 312 Å². The number of carbonyl (C=O) groups excluding carboxylic acids is 4. The second kappa shape index (κ2) is 21.3. The van der Waals surface area contributed by atoms with Crippen LogP contribution in [0.25, 0.3) is 0 Å². The van der Waals surface area contributed by atoms with Gasteiger partial charge in [0.15, 0.2) is 11.5 Å². The molecule has 0 atom stereocenters. The Morgan fingerprint density at radius 1 is 0.426 bits per heavy atom. The molecule has 0 aliphatic rings. The zero-order chi connectivity index (χ0) is 38.7. The number of unbranched alkanes of at least 4 members (excludes halogenated alkanes) is 3. The van der Waals surface area contributed by atoms with Crippen LogP contribution in [-0.2, 0) is 9.59 Å². The molecule has 0 aliphatic carbocycles. The third kappa shape index (κ3) is 13.4. The summed E-state index contributed by atoms with van der Waals surface area (Å²) in [6, 6.07) is 23.0. The molecule has 54 heavy (non-hydrogen) atoms. The predicted octanol–water partition coefficient (Wildman–Crippen LogP) is 7.27. The minimum Gasteiger partial charge on any atom is -0.494 e. The fourth-order valence-electron chi connectivity index (χ4n) is 4.64. The summed E-state index contributed by atoms with van der Waals surface area (Å²) in [5.41, 5.74) is -0.640. The standard InChI is InChI=1S/C42H42O12/c1-3-5-27-49-31-15-11-29(12-16-31)41(47)51-33-19-23-35(43)37(25-21-33)53-39(45)9-7-8-10-40(46)54-38-26-22-34(20-24-36(38)44)52-42(48)30-13-17-32(18-14-30)50-28-6-4-2/h11-26H,3-10,27-28H2,1-2H3. The van der Waals surface area contributed by atoms with Crippen molar-refractivity contribution in [3.63, 3.8) is 0 Å². The van der Waals surface area contributed by atoms with Gasteiger partial charge in [-0.05, 0) is 123 Å². The SMILES string of the molecule is CCCCOc1ccc(C(=O)Oc2ccc(OC(=O)CCCCC(=O)Oc3ccc(OC(=O)c4ccc(OCCCC)cc4)ccc3=O)c(=O)cc2)cc1. The fraction of sp³-hybridized carbons (Fsp3) is 0.286. The second-order valence-electron chi connectivity index (χ2n) is 12.0. The summed E-state index contributed by atoms with van der Waals surface area (Å²) in [6.07, 6.45) is 4.08. The fourth-order valence-corrected chi connectivity index (χ4v) is 4.64. The summed E-state index contributed by atoms with van der Waals surface area (Å²) in [6.45, 7) is 5.28. The average Bonchev–Trinajstić information content (AvgIpc) is 3.45. The van der Waals surface area contributed by atoms with Gasteiger partial charge in [0, 0.05) is 12.8 Å². The highest BCUT2D eigenvalue weighted by molar-refractivity contribution is 5.91. The van der Waals surface area contributed by atoms with E-state index in [0.29, 0.717) is 24.7 Å². The highest BCUT2D eigenvalue weighted by Crippen LogP contribution is 2.19. The first-order chi connectivity index (χ1) is 26.1. The van der Waals surface area contributed by atoms with Crippen molar-refractivity contribution < 1.29 is 47.6 Å². The van der Waals surface area contributed by atoms with Gasteiger partial charge in [0.1, 0.15) is 23.0 Å². The molecule has 282 valence electrons. The Bertz CT molecular complexity index is 1860. The van der Waals surface area contributed by atoms with Crippen molar-refractivity contribution in [2.75, 3.05) is 13.2 Å². The van der Waals surface area contributed by atoms with Crippen molar-refractivity contribution in [3.05, 3.63) is 129 Å². The summed E-state index contributed by atoms with van der Waals surface area (Å²) >= 11 is 0. The lowest BCUT2D eigenvalue weighted by molar-refractivity contribution is -0.136. The third-order valence-electron chi connectivity index (χ3n) is 7.68. The maximum atomic E-state index is 12.6. The molecule has 0 unspecified atom stereocenters. The molecule has 0 spiro atoms. The van der Waals surface area contributed by atoms with Gasteiger partial charge in [-0.25, -0.2) is 9.59 Å². The van der Waals surface area contributed by atoms with E-state index in [4.69, 9.17) is 28.4 Å². The summed E-state index contributed by atoms with van der Waals surface area (Å²) in [4.78, 5) is 75.1. The Hall–Kier alpha value is -6.30. The molecule has 0 N–H and O–H groups in total. The molecule has 0 bridgehead atoms. The first kappa shape index (κ1) is 40.5. The van der Waals surface area contributed by atoms with Crippen LogP contribution in [-0.4, -0.2) is 37.1 Å². The van der Waals surface area contributed by atoms with Crippen LogP contribution in [0.3, 0.4) is 0 Å². The number of benzene rings is 2. The zero-order valence-corrected chi connectivity index (χ0v) is 30.2. The van der Waals surface area contributed by atoms with E-state index < -0.39 is 34.7 Å². The van der Waals surface area contributed by atoms with Crippen LogP contribution in [0.1, 0.15) is 85.9 Å². The molecule has 0 amide bonds. The second-order valence-corrected chi connectivity index (χ2v) is 12.0. The largest absolute Gasteiger partial charge is 0.494 e. The van der Waals surface area contributed by atoms with Gasteiger partial charge in [-0.1, -0.05) is 26.7 Å². The Morgan fingerprint density at radius 2 is 0.778 bits per heavy atom. The smallest absolute Gasteiger partial charge is 0.343 e. The molecule has 0 heterocycles.